The molecule has 0 spiro atoms. The van der Waals surface area contributed by atoms with Gasteiger partial charge in [-0.1, -0.05) is 39.0 Å². The first-order chi connectivity index (χ1) is 13.6. The summed E-state index contributed by atoms with van der Waals surface area (Å²) in [6.07, 6.45) is 2.06. The van der Waals surface area contributed by atoms with E-state index >= 15 is 0 Å². The molecule has 2 aromatic rings. The summed E-state index contributed by atoms with van der Waals surface area (Å²) >= 11 is 0. The van der Waals surface area contributed by atoms with E-state index in [1.54, 1.807) is 24.3 Å². The Hall–Kier alpha value is -2.06. The molecule has 0 atom stereocenters. The maximum absolute atomic E-state index is 12.8. The van der Waals surface area contributed by atoms with Gasteiger partial charge in [0.15, 0.2) is 0 Å². The number of nitrogens with zero attached hydrogens (tertiary/aromatic N) is 1. The smallest absolute Gasteiger partial charge is 0.261 e. The number of fused-ring (bicyclic) bond motifs is 1. The van der Waals surface area contributed by atoms with Gasteiger partial charge in [0.2, 0.25) is 10.0 Å². The number of anilines is 2. The molecule has 2 aromatic carbocycles. The highest BCUT2D eigenvalue weighted by atomic mass is 32.2. The quantitative estimate of drug-likeness (QED) is 0.708. The molecular formula is C21H28N2O4S2. The van der Waals surface area contributed by atoms with E-state index in [0.29, 0.717) is 30.3 Å². The molecule has 0 fully saturated rings. The maximum atomic E-state index is 12.8. The van der Waals surface area contributed by atoms with Gasteiger partial charge in [0.25, 0.3) is 10.0 Å². The van der Waals surface area contributed by atoms with Crippen molar-refractivity contribution in [2.45, 2.75) is 50.8 Å². The van der Waals surface area contributed by atoms with Gasteiger partial charge in [-0.15, -0.1) is 0 Å². The minimum absolute atomic E-state index is 0.0740. The molecule has 0 aromatic heterocycles. The second kappa shape index (κ2) is 8.36. The van der Waals surface area contributed by atoms with Gasteiger partial charge in [-0.05, 0) is 60.6 Å². The molecule has 6 nitrogen and oxygen atoms in total. The normalized spacial score (nSPS) is 14.7. The first-order valence-electron chi connectivity index (χ1n) is 9.90. The number of nitrogens with one attached hydrogen (secondary N) is 1. The summed E-state index contributed by atoms with van der Waals surface area (Å²) in [5.41, 5.74) is 2.91. The van der Waals surface area contributed by atoms with E-state index in [1.807, 2.05) is 39.0 Å². The van der Waals surface area contributed by atoms with Gasteiger partial charge in [-0.2, -0.15) is 0 Å². The van der Waals surface area contributed by atoms with E-state index in [0.717, 1.165) is 24.0 Å². The molecule has 0 radical (unpaired) electrons. The van der Waals surface area contributed by atoms with Crippen LogP contribution in [0.5, 0.6) is 0 Å². The largest absolute Gasteiger partial charge is 0.280 e. The van der Waals surface area contributed by atoms with E-state index in [4.69, 9.17) is 0 Å². The van der Waals surface area contributed by atoms with Crippen molar-refractivity contribution in [3.8, 4) is 0 Å². The van der Waals surface area contributed by atoms with Gasteiger partial charge in [-0.25, -0.2) is 16.8 Å². The molecule has 0 saturated heterocycles. The molecule has 1 aliphatic rings. The van der Waals surface area contributed by atoms with Gasteiger partial charge >= 0.3 is 0 Å². The van der Waals surface area contributed by atoms with Crippen molar-refractivity contribution < 1.29 is 16.8 Å². The Morgan fingerprint density at radius 3 is 2.34 bits per heavy atom. The molecule has 0 amide bonds. The standard InChI is InChI=1S/C21H28N2O4S2/c1-4-14-28(24,25)23-13-5-6-18-7-10-19(15-21(18)23)22-29(26,27)20-11-8-17(9-12-20)16(2)3/h7-12,15-16,22H,4-6,13-14H2,1-3H3. The SMILES string of the molecule is CCCS(=O)(=O)N1CCCc2ccc(NS(=O)(=O)c3ccc(C(C)C)cc3)cc21. The number of hydrogen-bond acceptors (Lipinski definition) is 4. The molecule has 0 unspecified atom stereocenters. The molecule has 29 heavy (non-hydrogen) atoms. The molecule has 8 heteroatoms. The fourth-order valence-corrected chi connectivity index (χ4v) is 6.17. The average Bonchev–Trinajstić information content (AvgIpc) is 2.67. The van der Waals surface area contributed by atoms with Crippen molar-refractivity contribution in [3.63, 3.8) is 0 Å². The van der Waals surface area contributed by atoms with Crippen molar-refractivity contribution in [3.05, 3.63) is 53.6 Å². The molecule has 0 aliphatic carbocycles. The Bertz CT molecular complexity index is 1080. The highest BCUT2D eigenvalue weighted by Gasteiger charge is 2.27. The van der Waals surface area contributed by atoms with Crippen LogP contribution in [-0.4, -0.2) is 29.1 Å². The lowest BCUT2D eigenvalue weighted by Gasteiger charge is -2.31. The summed E-state index contributed by atoms with van der Waals surface area (Å²) in [4.78, 5) is 0.176. The van der Waals surface area contributed by atoms with Crippen LogP contribution in [0.1, 0.15) is 50.7 Å². The van der Waals surface area contributed by atoms with E-state index in [9.17, 15) is 16.8 Å². The molecule has 3 rings (SSSR count). The monoisotopic (exact) mass is 436 g/mol. The molecular weight excluding hydrogens is 408 g/mol. The number of aryl methyl sites for hydroxylation is 1. The van der Waals surface area contributed by atoms with E-state index < -0.39 is 20.0 Å². The van der Waals surface area contributed by atoms with Crippen molar-refractivity contribution in [1.29, 1.82) is 0 Å². The van der Waals surface area contributed by atoms with Gasteiger partial charge in [0.05, 0.1) is 22.0 Å². The summed E-state index contributed by atoms with van der Waals surface area (Å²) in [6.45, 7) is 6.35. The van der Waals surface area contributed by atoms with Gasteiger partial charge in [0, 0.05) is 6.54 Å². The van der Waals surface area contributed by atoms with Crippen LogP contribution in [0.4, 0.5) is 11.4 Å². The highest BCUT2D eigenvalue weighted by molar-refractivity contribution is 7.93. The third-order valence-corrected chi connectivity index (χ3v) is 8.44. The molecule has 1 heterocycles. The highest BCUT2D eigenvalue weighted by Crippen LogP contribution is 2.33. The zero-order chi connectivity index (χ0) is 21.2. The average molecular weight is 437 g/mol. The van der Waals surface area contributed by atoms with Crippen LogP contribution in [0.15, 0.2) is 47.4 Å². The van der Waals surface area contributed by atoms with Crippen molar-refractivity contribution >= 4 is 31.4 Å². The zero-order valence-electron chi connectivity index (χ0n) is 17.1. The number of hydrogen-bond donors (Lipinski definition) is 1. The summed E-state index contributed by atoms with van der Waals surface area (Å²) in [5, 5.41) is 0. The number of rotatable bonds is 7. The lowest BCUT2D eigenvalue weighted by molar-refractivity contribution is 0.585. The lowest BCUT2D eigenvalue weighted by atomic mass is 10.0. The summed E-state index contributed by atoms with van der Waals surface area (Å²) in [5.74, 6) is 0.390. The topological polar surface area (TPSA) is 83.6 Å². The lowest BCUT2D eigenvalue weighted by Crippen LogP contribution is -2.37. The van der Waals surface area contributed by atoms with E-state index in [1.165, 1.54) is 4.31 Å². The molecule has 158 valence electrons. The van der Waals surface area contributed by atoms with Crippen LogP contribution in [0, 0.1) is 0 Å². The maximum Gasteiger partial charge on any atom is 0.261 e. The Morgan fingerprint density at radius 1 is 1.03 bits per heavy atom. The van der Waals surface area contributed by atoms with Crippen LogP contribution >= 0.6 is 0 Å². The number of sulfonamides is 2. The van der Waals surface area contributed by atoms with E-state index in [2.05, 4.69) is 4.72 Å². The van der Waals surface area contributed by atoms with Crippen LogP contribution in [0.2, 0.25) is 0 Å². The predicted octanol–water partition coefficient (Wildman–Crippen LogP) is 4.10. The summed E-state index contributed by atoms with van der Waals surface area (Å²) in [6, 6.07) is 11.9. The van der Waals surface area contributed by atoms with Crippen LogP contribution in [-0.2, 0) is 26.5 Å². The first kappa shape index (κ1) is 21.6. The predicted molar refractivity (Wildman–Crippen MR) is 118 cm³/mol. The Balaban J connectivity index is 1.91. The zero-order valence-corrected chi connectivity index (χ0v) is 18.7. The second-order valence-electron chi connectivity index (χ2n) is 7.66. The van der Waals surface area contributed by atoms with Crippen molar-refractivity contribution in [2.75, 3.05) is 21.3 Å². The Kier molecular flexibility index (Phi) is 6.24. The minimum atomic E-state index is -3.76. The van der Waals surface area contributed by atoms with Gasteiger partial charge in [0.1, 0.15) is 0 Å². The van der Waals surface area contributed by atoms with Crippen molar-refractivity contribution in [1.82, 2.24) is 0 Å². The Labute approximate surface area is 174 Å². The molecule has 1 N–H and O–H groups in total. The summed E-state index contributed by atoms with van der Waals surface area (Å²) in [7, 11) is -7.18. The third-order valence-electron chi connectivity index (χ3n) is 5.07. The van der Waals surface area contributed by atoms with Crippen molar-refractivity contribution in [2.24, 2.45) is 0 Å². The molecule has 0 saturated carbocycles. The fourth-order valence-electron chi connectivity index (χ4n) is 3.51. The van der Waals surface area contributed by atoms with Crippen LogP contribution in [0.25, 0.3) is 0 Å². The van der Waals surface area contributed by atoms with Gasteiger partial charge < -0.3 is 0 Å². The summed E-state index contributed by atoms with van der Waals surface area (Å²) < 4.78 is 54.9. The van der Waals surface area contributed by atoms with Crippen LogP contribution in [0.3, 0.4) is 0 Å². The number of benzene rings is 2. The Morgan fingerprint density at radius 2 is 1.72 bits per heavy atom. The third kappa shape index (κ3) is 4.75. The fraction of sp³-hybridized carbons (Fsp3) is 0.429. The first-order valence-corrected chi connectivity index (χ1v) is 13.0. The van der Waals surface area contributed by atoms with Gasteiger partial charge in [-0.3, -0.25) is 9.03 Å². The molecule has 0 bridgehead atoms. The molecule has 1 aliphatic heterocycles. The minimum Gasteiger partial charge on any atom is -0.280 e. The van der Waals surface area contributed by atoms with Crippen LogP contribution < -0.4 is 9.03 Å². The van der Waals surface area contributed by atoms with E-state index in [-0.39, 0.29) is 10.6 Å². The second-order valence-corrected chi connectivity index (χ2v) is 11.4.